The van der Waals surface area contributed by atoms with Crippen molar-refractivity contribution >= 4 is 16.5 Å². The molecule has 0 aliphatic heterocycles. The van der Waals surface area contributed by atoms with Crippen molar-refractivity contribution in [2.75, 3.05) is 25.6 Å². The van der Waals surface area contributed by atoms with Crippen molar-refractivity contribution < 1.29 is 4.74 Å². The Bertz CT molecular complexity index is 541. The van der Waals surface area contributed by atoms with Gasteiger partial charge in [0, 0.05) is 31.2 Å². The van der Waals surface area contributed by atoms with Gasteiger partial charge in [0.05, 0.1) is 7.11 Å². The highest BCUT2D eigenvalue weighted by molar-refractivity contribution is 7.15. The number of methoxy groups -OCH3 is 1. The first kappa shape index (κ1) is 14.8. The summed E-state index contributed by atoms with van der Waals surface area (Å²) in [7, 11) is 3.76. The van der Waals surface area contributed by atoms with Crippen molar-refractivity contribution in [1.82, 2.24) is 10.3 Å². The standard InChI is InChI=1S/C15H21N3OS/c1-4-16-9-14-10-17-15(20-14)18(2)11-12-6-5-7-13(8-12)19-3/h5-8,10,16H,4,9,11H2,1-3H3. The molecule has 2 aromatic rings. The van der Waals surface area contributed by atoms with Gasteiger partial charge < -0.3 is 15.0 Å². The maximum atomic E-state index is 5.25. The molecule has 0 aliphatic rings. The van der Waals surface area contributed by atoms with Gasteiger partial charge in [0.2, 0.25) is 0 Å². The monoisotopic (exact) mass is 291 g/mol. The summed E-state index contributed by atoms with van der Waals surface area (Å²) in [6.07, 6.45) is 1.95. The van der Waals surface area contributed by atoms with Crippen LogP contribution in [0.1, 0.15) is 17.4 Å². The lowest BCUT2D eigenvalue weighted by Gasteiger charge is -2.16. The number of benzene rings is 1. The second-order valence-corrected chi connectivity index (χ2v) is 5.69. The van der Waals surface area contributed by atoms with Crippen LogP contribution in [0.2, 0.25) is 0 Å². The van der Waals surface area contributed by atoms with E-state index < -0.39 is 0 Å². The maximum absolute atomic E-state index is 5.25. The quantitative estimate of drug-likeness (QED) is 0.851. The van der Waals surface area contributed by atoms with E-state index in [1.165, 1.54) is 10.4 Å². The van der Waals surface area contributed by atoms with Crippen LogP contribution >= 0.6 is 11.3 Å². The van der Waals surface area contributed by atoms with Crippen LogP contribution in [-0.2, 0) is 13.1 Å². The van der Waals surface area contributed by atoms with E-state index in [1.807, 2.05) is 18.3 Å². The van der Waals surface area contributed by atoms with Gasteiger partial charge in [-0.25, -0.2) is 4.98 Å². The van der Waals surface area contributed by atoms with Gasteiger partial charge in [-0.1, -0.05) is 19.1 Å². The van der Waals surface area contributed by atoms with Gasteiger partial charge in [0.1, 0.15) is 5.75 Å². The Morgan fingerprint density at radius 1 is 1.40 bits per heavy atom. The number of aromatic nitrogens is 1. The normalized spacial score (nSPS) is 10.6. The molecule has 0 fully saturated rings. The number of ether oxygens (including phenoxy) is 1. The van der Waals surface area contributed by atoms with Crippen molar-refractivity contribution in [2.24, 2.45) is 0 Å². The summed E-state index contributed by atoms with van der Waals surface area (Å²) < 4.78 is 5.25. The molecule has 4 nitrogen and oxygen atoms in total. The highest BCUT2D eigenvalue weighted by Crippen LogP contribution is 2.23. The van der Waals surface area contributed by atoms with E-state index in [9.17, 15) is 0 Å². The fraction of sp³-hybridized carbons (Fsp3) is 0.400. The second-order valence-electron chi connectivity index (χ2n) is 4.60. The number of nitrogens with zero attached hydrogens (tertiary/aromatic N) is 2. The third kappa shape index (κ3) is 3.95. The molecule has 1 heterocycles. The molecule has 0 bridgehead atoms. The van der Waals surface area contributed by atoms with Gasteiger partial charge in [-0.3, -0.25) is 0 Å². The minimum absolute atomic E-state index is 0.825. The van der Waals surface area contributed by atoms with Crippen LogP contribution < -0.4 is 15.0 Å². The summed E-state index contributed by atoms with van der Waals surface area (Å²) in [5, 5.41) is 4.36. The molecule has 0 spiro atoms. The molecule has 0 unspecified atom stereocenters. The third-order valence-corrected chi connectivity index (χ3v) is 4.08. The van der Waals surface area contributed by atoms with E-state index in [4.69, 9.17) is 4.74 Å². The fourth-order valence-electron chi connectivity index (χ4n) is 1.92. The Labute approximate surface area is 124 Å². The molecule has 2 rings (SSSR count). The predicted octanol–water partition coefficient (Wildman–Crippen LogP) is 2.90. The number of nitrogens with one attached hydrogen (secondary N) is 1. The van der Waals surface area contributed by atoms with Crippen LogP contribution in [0.3, 0.4) is 0 Å². The van der Waals surface area contributed by atoms with Crippen molar-refractivity contribution in [3.05, 3.63) is 40.9 Å². The predicted molar refractivity (Wildman–Crippen MR) is 84.6 cm³/mol. The SMILES string of the molecule is CCNCc1cnc(N(C)Cc2cccc(OC)c2)s1. The molecule has 1 aromatic heterocycles. The Morgan fingerprint density at radius 3 is 3.00 bits per heavy atom. The van der Waals surface area contributed by atoms with Crippen LogP contribution in [0.4, 0.5) is 5.13 Å². The maximum Gasteiger partial charge on any atom is 0.185 e. The third-order valence-electron chi connectivity index (χ3n) is 2.97. The molecule has 0 aliphatic carbocycles. The summed E-state index contributed by atoms with van der Waals surface area (Å²) in [5.41, 5.74) is 1.22. The van der Waals surface area contributed by atoms with E-state index in [-0.39, 0.29) is 0 Å². The lowest BCUT2D eigenvalue weighted by Crippen LogP contribution is -2.15. The van der Waals surface area contributed by atoms with Crippen molar-refractivity contribution in [2.45, 2.75) is 20.0 Å². The number of rotatable bonds is 7. The van der Waals surface area contributed by atoms with Crippen molar-refractivity contribution in [3.8, 4) is 5.75 Å². The smallest absolute Gasteiger partial charge is 0.185 e. The highest BCUT2D eigenvalue weighted by Gasteiger charge is 2.08. The number of thiazole rings is 1. The molecule has 1 aromatic carbocycles. The Morgan fingerprint density at radius 2 is 2.25 bits per heavy atom. The van der Waals surface area contributed by atoms with Crippen LogP contribution in [0.5, 0.6) is 5.75 Å². The molecule has 1 N–H and O–H groups in total. The molecular formula is C15H21N3OS. The molecule has 0 saturated heterocycles. The minimum Gasteiger partial charge on any atom is -0.497 e. The zero-order valence-corrected chi connectivity index (χ0v) is 13.0. The van der Waals surface area contributed by atoms with Crippen LogP contribution in [-0.4, -0.2) is 25.7 Å². The van der Waals surface area contributed by atoms with Gasteiger partial charge >= 0.3 is 0 Å². The zero-order chi connectivity index (χ0) is 14.4. The summed E-state index contributed by atoms with van der Waals surface area (Å²) in [4.78, 5) is 7.91. The van der Waals surface area contributed by atoms with Crippen LogP contribution in [0.15, 0.2) is 30.5 Å². The Balaban J connectivity index is 1.99. The van der Waals surface area contributed by atoms with Gasteiger partial charge in [-0.2, -0.15) is 0 Å². The first-order chi connectivity index (χ1) is 9.72. The molecule has 0 saturated carbocycles. The molecule has 20 heavy (non-hydrogen) atoms. The number of hydrogen-bond donors (Lipinski definition) is 1. The number of anilines is 1. The largest absolute Gasteiger partial charge is 0.497 e. The minimum atomic E-state index is 0.825. The summed E-state index contributed by atoms with van der Waals surface area (Å²) in [5.74, 6) is 0.892. The zero-order valence-electron chi connectivity index (χ0n) is 12.2. The lowest BCUT2D eigenvalue weighted by molar-refractivity contribution is 0.414. The lowest BCUT2D eigenvalue weighted by atomic mass is 10.2. The topological polar surface area (TPSA) is 37.4 Å². The van der Waals surface area contributed by atoms with Gasteiger partial charge in [0.25, 0.3) is 0 Å². The summed E-state index contributed by atoms with van der Waals surface area (Å²) in [6, 6.07) is 8.14. The van der Waals surface area contributed by atoms with Gasteiger partial charge in [-0.15, -0.1) is 11.3 Å². The van der Waals surface area contributed by atoms with E-state index in [1.54, 1.807) is 18.4 Å². The average Bonchev–Trinajstić information content (AvgIpc) is 2.94. The molecule has 0 radical (unpaired) electrons. The Kier molecular flexibility index (Phi) is 5.38. The van der Waals surface area contributed by atoms with E-state index >= 15 is 0 Å². The fourth-order valence-corrected chi connectivity index (χ4v) is 2.76. The van der Waals surface area contributed by atoms with Crippen LogP contribution in [0.25, 0.3) is 0 Å². The highest BCUT2D eigenvalue weighted by atomic mass is 32.1. The molecule has 0 atom stereocenters. The molecule has 5 heteroatoms. The summed E-state index contributed by atoms with van der Waals surface area (Å²) >= 11 is 1.73. The van der Waals surface area contributed by atoms with Gasteiger partial charge in [0.15, 0.2) is 5.13 Å². The molecular weight excluding hydrogens is 270 g/mol. The first-order valence-corrected chi connectivity index (χ1v) is 7.54. The van der Waals surface area contributed by atoms with Crippen molar-refractivity contribution in [1.29, 1.82) is 0 Å². The molecule has 0 amide bonds. The summed E-state index contributed by atoms with van der Waals surface area (Å²) in [6.45, 7) is 4.80. The van der Waals surface area contributed by atoms with Crippen molar-refractivity contribution in [3.63, 3.8) is 0 Å². The molecule has 108 valence electrons. The van der Waals surface area contributed by atoms with Gasteiger partial charge in [-0.05, 0) is 24.2 Å². The van der Waals surface area contributed by atoms with Crippen LogP contribution in [0, 0.1) is 0 Å². The van der Waals surface area contributed by atoms with E-state index in [0.717, 1.165) is 30.5 Å². The van der Waals surface area contributed by atoms with E-state index in [0.29, 0.717) is 0 Å². The number of hydrogen-bond acceptors (Lipinski definition) is 5. The first-order valence-electron chi connectivity index (χ1n) is 6.72. The average molecular weight is 291 g/mol. The van der Waals surface area contributed by atoms with E-state index in [2.05, 4.69) is 41.3 Å². The Hall–Kier alpha value is -1.59. The second kappa shape index (κ2) is 7.26.